The van der Waals surface area contributed by atoms with Crippen LogP contribution in [0.3, 0.4) is 0 Å². The summed E-state index contributed by atoms with van der Waals surface area (Å²) in [6.45, 7) is 0.799. The molecule has 104 valence electrons. The summed E-state index contributed by atoms with van der Waals surface area (Å²) in [7, 11) is 0. The fourth-order valence-electron chi connectivity index (χ4n) is 5.09. The van der Waals surface area contributed by atoms with Crippen molar-refractivity contribution in [1.29, 1.82) is 0 Å². The van der Waals surface area contributed by atoms with Crippen LogP contribution in [-0.2, 0) is 11.2 Å². The number of aromatic amines is 1. The third kappa shape index (κ3) is 2.16. The third-order valence-corrected chi connectivity index (χ3v) is 5.41. The minimum absolute atomic E-state index is 0.223. The minimum atomic E-state index is 0.223. The summed E-state index contributed by atoms with van der Waals surface area (Å²) in [4.78, 5) is 0. The number of ether oxygens (including phenoxy) is 1. The second-order valence-corrected chi connectivity index (χ2v) is 7.02. The second-order valence-electron chi connectivity index (χ2n) is 7.02. The highest BCUT2D eigenvalue weighted by atomic mass is 16.5. The normalized spacial score (nSPS) is 39.9. The number of nitrogen functional groups attached to an aromatic ring is 1. The molecule has 4 bridgehead atoms. The molecule has 0 radical (unpaired) electrons. The molecule has 0 atom stereocenters. The van der Waals surface area contributed by atoms with Gasteiger partial charge in [0.05, 0.1) is 12.2 Å². The maximum atomic E-state index is 6.37. The van der Waals surface area contributed by atoms with Gasteiger partial charge in [0, 0.05) is 18.2 Å². The fourth-order valence-corrected chi connectivity index (χ4v) is 5.09. The Labute approximate surface area is 114 Å². The maximum Gasteiger partial charge on any atom is 0.145 e. The molecule has 4 aliphatic carbocycles. The molecule has 0 unspecified atom stereocenters. The zero-order chi connectivity index (χ0) is 12.9. The minimum Gasteiger partial charge on any atom is -0.382 e. The van der Waals surface area contributed by atoms with Crippen LogP contribution in [-0.4, -0.2) is 22.4 Å². The lowest BCUT2D eigenvalue weighted by Gasteiger charge is -2.56. The molecule has 1 heterocycles. The summed E-state index contributed by atoms with van der Waals surface area (Å²) >= 11 is 0. The molecule has 4 saturated carbocycles. The zero-order valence-electron chi connectivity index (χ0n) is 11.4. The van der Waals surface area contributed by atoms with E-state index in [9.17, 15) is 0 Å². The predicted octanol–water partition coefficient (Wildman–Crippen LogP) is 2.52. The van der Waals surface area contributed by atoms with Crippen molar-refractivity contribution in [2.24, 2.45) is 17.8 Å². The summed E-state index contributed by atoms with van der Waals surface area (Å²) in [5, 5.41) is 6.92. The molecule has 4 aliphatic rings. The number of hydrogen-bond donors (Lipinski definition) is 2. The first kappa shape index (κ1) is 11.8. The third-order valence-electron chi connectivity index (χ3n) is 5.41. The first-order valence-electron chi connectivity index (χ1n) is 7.64. The van der Waals surface area contributed by atoms with Crippen LogP contribution in [0.25, 0.3) is 0 Å². The van der Waals surface area contributed by atoms with Crippen molar-refractivity contribution < 1.29 is 4.74 Å². The van der Waals surface area contributed by atoms with Crippen LogP contribution in [0.5, 0.6) is 0 Å². The van der Waals surface area contributed by atoms with E-state index in [1.54, 1.807) is 0 Å². The maximum absolute atomic E-state index is 6.37. The van der Waals surface area contributed by atoms with Crippen LogP contribution in [0.15, 0.2) is 6.07 Å². The van der Waals surface area contributed by atoms with Gasteiger partial charge in [0.1, 0.15) is 5.82 Å². The Morgan fingerprint density at radius 1 is 1.21 bits per heavy atom. The predicted molar refractivity (Wildman–Crippen MR) is 73.6 cm³/mol. The van der Waals surface area contributed by atoms with Gasteiger partial charge in [-0.1, -0.05) is 0 Å². The molecule has 0 aromatic carbocycles. The van der Waals surface area contributed by atoms with Crippen molar-refractivity contribution in [2.45, 2.75) is 50.5 Å². The molecular weight excluding hydrogens is 238 g/mol. The largest absolute Gasteiger partial charge is 0.382 e. The van der Waals surface area contributed by atoms with E-state index in [-0.39, 0.29) is 5.60 Å². The average molecular weight is 261 g/mol. The van der Waals surface area contributed by atoms with E-state index >= 15 is 0 Å². The summed E-state index contributed by atoms with van der Waals surface area (Å²) in [5.41, 5.74) is 6.92. The number of nitrogens with zero attached hydrogens (tertiary/aromatic N) is 1. The van der Waals surface area contributed by atoms with Gasteiger partial charge in [-0.25, -0.2) is 0 Å². The Morgan fingerprint density at radius 2 is 1.84 bits per heavy atom. The number of nitrogens with one attached hydrogen (secondary N) is 1. The van der Waals surface area contributed by atoms with E-state index in [4.69, 9.17) is 10.5 Å². The highest BCUT2D eigenvalue weighted by molar-refractivity contribution is 5.28. The van der Waals surface area contributed by atoms with Gasteiger partial charge < -0.3 is 10.5 Å². The van der Waals surface area contributed by atoms with Crippen molar-refractivity contribution in [2.75, 3.05) is 12.3 Å². The topological polar surface area (TPSA) is 63.9 Å². The fraction of sp³-hybridized carbons (Fsp3) is 0.800. The highest BCUT2D eigenvalue weighted by Gasteiger charge is 2.51. The number of H-pyrrole nitrogens is 1. The number of anilines is 1. The van der Waals surface area contributed by atoms with Crippen LogP contribution >= 0.6 is 0 Å². The Hall–Kier alpha value is -1.03. The molecule has 19 heavy (non-hydrogen) atoms. The summed E-state index contributed by atoms with van der Waals surface area (Å²) in [6, 6.07) is 1.91. The lowest BCUT2D eigenvalue weighted by molar-refractivity contribution is -0.161. The zero-order valence-corrected chi connectivity index (χ0v) is 11.4. The van der Waals surface area contributed by atoms with Crippen LogP contribution in [0.1, 0.15) is 44.2 Å². The van der Waals surface area contributed by atoms with Crippen LogP contribution in [0, 0.1) is 17.8 Å². The van der Waals surface area contributed by atoms with Gasteiger partial charge in [0.15, 0.2) is 0 Å². The Balaban J connectivity index is 1.37. The van der Waals surface area contributed by atoms with E-state index < -0.39 is 0 Å². The van der Waals surface area contributed by atoms with Crippen molar-refractivity contribution in [3.8, 4) is 0 Å². The smallest absolute Gasteiger partial charge is 0.145 e. The van der Waals surface area contributed by atoms with Crippen molar-refractivity contribution in [1.82, 2.24) is 10.2 Å². The van der Waals surface area contributed by atoms with Gasteiger partial charge in [-0.05, 0) is 56.3 Å². The molecule has 4 heteroatoms. The Morgan fingerprint density at radius 3 is 2.37 bits per heavy atom. The first-order chi connectivity index (χ1) is 9.21. The van der Waals surface area contributed by atoms with E-state index in [0.29, 0.717) is 5.82 Å². The van der Waals surface area contributed by atoms with Gasteiger partial charge in [-0.3, -0.25) is 5.10 Å². The van der Waals surface area contributed by atoms with Gasteiger partial charge in [0.25, 0.3) is 0 Å². The van der Waals surface area contributed by atoms with E-state index in [2.05, 4.69) is 10.2 Å². The molecule has 4 fully saturated rings. The molecule has 0 amide bonds. The van der Waals surface area contributed by atoms with Gasteiger partial charge >= 0.3 is 0 Å². The molecule has 0 saturated heterocycles. The molecular formula is C15H23N3O. The van der Waals surface area contributed by atoms with E-state index in [1.807, 2.05) is 6.07 Å². The van der Waals surface area contributed by atoms with Crippen molar-refractivity contribution >= 4 is 5.82 Å². The number of rotatable bonds is 4. The Bertz CT molecular complexity index is 432. The van der Waals surface area contributed by atoms with Crippen molar-refractivity contribution in [3.63, 3.8) is 0 Å². The summed E-state index contributed by atoms with van der Waals surface area (Å²) in [6.07, 6.45) is 9.24. The van der Waals surface area contributed by atoms with Crippen LogP contribution in [0.2, 0.25) is 0 Å². The monoisotopic (exact) mass is 261 g/mol. The van der Waals surface area contributed by atoms with E-state index in [0.717, 1.165) is 36.5 Å². The van der Waals surface area contributed by atoms with Crippen molar-refractivity contribution in [3.05, 3.63) is 11.8 Å². The summed E-state index contributed by atoms with van der Waals surface area (Å²) < 4.78 is 6.37. The Kier molecular flexibility index (Phi) is 2.62. The average Bonchev–Trinajstić information content (AvgIpc) is 2.73. The molecule has 5 rings (SSSR count). The molecule has 1 aromatic rings. The van der Waals surface area contributed by atoms with Crippen LogP contribution < -0.4 is 5.73 Å². The highest BCUT2D eigenvalue weighted by Crippen LogP contribution is 2.57. The van der Waals surface area contributed by atoms with Gasteiger partial charge in [0.2, 0.25) is 0 Å². The second kappa shape index (κ2) is 4.23. The molecule has 0 spiro atoms. The lowest BCUT2D eigenvalue weighted by atomic mass is 9.54. The number of hydrogen-bond acceptors (Lipinski definition) is 3. The molecule has 0 aliphatic heterocycles. The van der Waals surface area contributed by atoms with Gasteiger partial charge in [-0.2, -0.15) is 5.10 Å². The first-order valence-corrected chi connectivity index (χ1v) is 7.64. The quantitative estimate of drug-likeness (QED) is 0.875. The molecule has 4 nitrogen and oxygen atoms in total. The SMILES string of the molecule is Nc1cc(CCOC23CC4CC(CC(C4)C2)C3)[nH]n1. The van der Waals surface area contributed by atoms with E-state index in [1.165, 1.54) is 38.5 Å². The molecule has 3 N–H and O–H groups in total. The lowest BCUT2D eigenvalue weighted by Crippen LogP contribution is -2.52. The number of nitrogens with two attached hydrogens (primary N) is 1. The number of aromatic nitrogens is 2. The summed E-state index contributed by atoms with van der Waals surface area (Å²) in [5.74, 6) is 3.43. The molecule has 1 aromatic heterocycles. The standard InChI is InChI=1S/C15H23N3O/c16-14-6-13(17-18-14)1-2-19-15-7-10-3-11(8-15)5-12(4-10)9-15/h6,10-12H,1-5,7-9H2,(H3,16,17,18). The van der Waals surface area contributed by atoms with Gasteiger partial charge in [-0.15, -0.1) is 0 Å². The van der Waals surface area contributed by atoms with Crippen LogP contribution in [0.4, 0.5) is 5.82 Å².